The van der Waals surface area contributed by atoms with Crippen molar-refractivity contribution >= 4 is 11.6 Å². The summed E-state index contributed by atoms with van der Waals surface area (Å²) in [7, 11) is 0. The van der Waals surface area contributed by atoms with Crippen molar-refractivity contribution in [3.8, 4) is 5.75 Å². The van der Waals surface area contributed by atoms with Crippen LogP contribution in [0.2, 0.25) is 0 Å². The van der Waals surface area contributed by atoms with Crippen LogP contribution < -0.4 is 5.32 Å². The van der Waals surface area contributed by atoms with Gasteiger partial charge in [0.25, 0.3) is 0 Å². The van der Waals surface area contributed by atoms with Gasteiger partial charge in [-0.15, -0.1) is 0 Å². The molecule has 0 bridgehead atoms. The normalized spacial score (nSPS) is 19.6. The summed E-state index contributed by atoms with van der Waals surface area (Å²) in [5.74, 6) is 0.224. The van der Waals surface area contributed by atoms with Crippen molar-refractivity contribution < 1.29 is 14.3 Å². The third-order valence-corrected chi connectivity index (χ3v) is 4.97. The minimum absolute atomic E-state index is 0.0182. The molecule has 1 amide bonds. The fraction of sp³-hybridized carbons (Fsp3) is 0.444. The van der Waals surface area contributed by atoms with Gasteiger partial charge in [0.05, 0.1) is 23.8 Å². The van der Waals surface area contributed by atoms with Crippen molar-refractivity contribution in [2.45, 2.75) is 31.7 Å². The van der Waals surface area contributed by atoms with Crippen LogP contribution in [0.4, 0.5) is 10.1 Å². The summed E-state index contributed by atoms with van der Waals surface area (Å²) in [5.41, 5.74) is 2.20. The highest BCUT2D eigenvalue weighted by molar-refractivity contribution is 5.77. The van der Waals surface area contributed by atoms with Crippen molar-refractivity contribution in [2.75, 3.05) is 18.4 Å². The van der Waals surface area contributed by atoms with E-state index in [0.717, 1.165) is 30.7 Å². The van der Waals surface area contributed by atoms with Gasteiger partial charge in [0.2, 0.25) is 5.91 Å². The smallest absolute Gasteiger partial charge is 0.223 e. The molecule has 0 spiro atoms. The first-order chi connectivity index (χ1) is 12.1. The number of benzene rings is 1. The van der Waals surface area contributed by atoms with E-state index in [1.54, 1.807) is 6.33 Å². The molecule has 1 fully saturated rings. The quantitative estimate of drug-likeness (QED) is 0.728. The third kappa shape index (κ3) is 3.31. The number of nitrogens with zero attached hydrogens (tertiary/aromatic N) is 2. The van der Waals surface area contributed by atoms with Gasteiger partial charge >= 0.3 is 0 Å². The van der Waals surface area contributed by atoms with Crippen LogP contribution in [0.25, 0.3) is 0 Å². The number of fused-ring (bicyclic) bond motifs is 1. The summed E-state index contributed by atoms with van der Waals surface area (Å²) >= 11 is 0. The molecule has 0 radical (unpaired) electrons. The van der Waals surface area contributed by atoms with Crippen LogP contribution in [0.5, 0.6) is 5.75 Å². The first-order valence-electron chi connectivity index (χ1n) is 8.66. The zero-order valence-electron chi connectivity index (χ0n) is 13.8. The van der Waals surface area contributed by atoms with E-state index >= 15 is 0 Å². The van der Waals surface area contributed by atoms with Crippen LogP contribution in [0.3, 0.4) is 0 Å². The Hall–Kier alpha value is -2.57. The highest BCUT2D eigenvalue weighted by atomic mass is 19.1. The summed E-state index contributed by atoms with van der Waals surface area (Å²) in [6, 6.07) is 3.54. The predicted octanol–water partition coefficient (Wildman–Crippen LogP) is 2.59. The number of H-pyrrole nitrogens is 1. The monoisotopic (exact) mass is 344 g/mol. The molecule has 132 valence electrons. The summed E-state index contributed by atoms with van der Waals surface area (Å²) in [5, 5.41) is 13.0. The molecular weight excluding hydrogens is 323 g/mol. The lowest BCUT2D eigenvalue weighted by Gasteiger charge is -2.35. The fourth-order valence-electron chi connectivity index (χ4n) is 3.40. The standard InChI is InChI=1S/C18H21FN4O2/c19-12-3-4-16(24)14(8-12)20-9-15-18-13(21-10-22-18)5-6-23(15)17(25)7-11-1-2-11/h3-4,8,10-11,15,20,24H,1-2,5-7,9H2,(H,21,22). The molecule has 2 aromatic rings. The van der Waals surface area contributed by atoms with E-state index in [1.807, 2.05) is 4.90 Å². The van der Waals surface area contributed by atoms with E-state index in [4.69, 9.17) is 0 Å². The van der Waals surface area contributed by atoms with Gasteiger partial charge in [-0.05, 0) is 30.9 Å². The third-order valence-electron chi connectivity index (χ3n) is 4.97. The zero-order valence-corrected chi connectivity index (χ0v) is 13.8. The molecule has 3 N–H and O–H groups in total. The van der Waals surface area contributed by atoms with E-state index in [2.05, 4.69) is 15.3 Å². The van der Waals surface area contributed by atoms with Crippen LogP contribution in [0.15, 0.2) is 24.5 Å². The van der Waals surface area contributed by atoms with Crippen molar-refractivity contribution in [3.05, 3.63) is 41.7 Å². The van der Waals surface area contributed by atoms with Crippen molar-refractivity contribution in [3.63, 3.8) is 0 Å². The van der Waals surface area contributed by atoms with Crippen LogP contribution in [0.1, 0.15) is 36.7 Å². The van der Waals surface area contributed by atoms with Gasteiger partial charge in [0.15, 0.2) is 0 Å². The van der Waals surface area contributed by atoms with E-state index in [1.165, 1.54) is 18.2 Å². The van der Waals surface area contributed by atoms with Crippen molar-refractivity contribution in [2.24, 2.45) is 5.92 Å². The number of anilines is 1. The minimum Gasteiger partial charge on any atom is -0.506 e. The van der Waals surface area contributed by atoms with E-state index < -0.39 is 5.82 Å². The number of amides is 1. The molecule has 4 rings (SSSR count). The molecule has 2 aliphatic rings. The Labute approximate surface area is 145 Å². The molecule has 6 nitrogen and oxygen atoms in total. The first-order valence-corrected chi connectivity index (χ1v) is 8.66. The second kappa shape index (κ2) is 6.38. The maximum atomic E-state index is 13.4. The molecule has 1 aliphatic carbocycles. The molecule has 1 saturated carbocycles. The lowest BCUT2D eigenvalue weighted by atomic mass is 10.0. The lowest BCUT2D eigenvalue weighted by molar-refractivity contribution is -0.134. The maximum absolute atomic E-state index is 13.4. The predicted molar refractivity (Wildman–Crippen MR) is 90.6 cm³/mol. The molecule has 25 heavy (non-hydrogen) atoms. The van der Waals surface area contributed by atoms with Gasteiger partial charge in [-0.2, -0.15) is 0 Å². The van der Waals surface area contributed by atoms with Crippen molar-refractivity contribution in [1.29, 1.82) is 0 Å². The Bertz CT molecular complexity index is 787. The number of aromatic hydroxyl groups is 1. The topological polar surface area (TPSA) is 81.2 Å². The van der Waals surface area contributed by atoms with Crippen LogP contribution >= 0.6 is 0 Å². The molecular formula is C18H21FN4O2. The molecule has 1 unspecified atom stereocenters. The molecule has 1 aliphatic heterocycles. The number of hydrogen-bond acceptors (Lipinski definition) is 4. The Balaban J connectivity index is 1.54. The van der Waals surface area contributed by atoms with Crippen molar-refractivity contribution in [1.82, 2.24) is 14.9 Å². The highest BCUT2D eigenvalue weighted by Crippen LogP contribution is 2.36. The Morgan fingerprint density at radius 3 is 3.08 bits per heavy atom. The Morgan fingerprint density at radius 2 is 2.28 bits per heavy atom. The number of imidazole rings is 1. The van der Waals surface area contributed by atoms with Gasteiger partial charge in [0, 0.05) is 37.7 Å². The molecule has 1 atom stereocenters. The van der Waals surface area contributed by atoms with Gasteiger partial charge in [-0.3, -0.25) is 4.79 Å². The molecule has 1 aromatic heterocycles. The largest absolute Gasteiger partial charge is 0.506 e. The van der Waals surface area contributed by atoms with Crippen LogP contribution in [0, 0.1) is 11.7 Å². The van der Waals surface area contributed by atoms with Crippen LogP contribution in [-0.4, -0.2) is 39.0 Å². The summed E-state index contributed by atoms with van der Waals surface area (Å²) in [6.07, 6.45) is 5.25. The Kier molecular flexibility index (Phi) is 4.07. The number of phenolic OH excluding ortho intramolecular Hbond substituents is 1. The molecule has 0 saturated heterocycles. The van der Waals surface area contributed by atoms with Gasteiger partial charge in [0.1, 0.15) is 11.6 Å². The average Bonchev–Trinajstić information content (AvgIpc) is 3.27. The molecule has 1 aromatic carbocycles. The maximum Gasteiger partial charge on any atom is 0.223 e. The SMILES string of the molecule is O=C(CC1CC1)N1CCc2[nH]cnc2C1CNc1cc(F)ccc1O. The second-order valence-electron chi connectivity index (χ2n) is 6.81. The first kappa shape index (κ1) is 15.9. The number of phenols is 1. The summed E-state index contributed by atoms with van der Waals surface area (Å²) < 4.78 is 13.4. The number of carbonyl (C=O) groups excluding carboxylic acids is 1. The number of nitrogens with one attached hydrogen (secondary N) is 2. The number of rotatable bonds is 5. The lowest BCUT2D eigenvalue weighted by Crippen LogP contribution is -2.43. The molecule has 2 heterocycles. The number of carbonyl (C=O) groups is 1. The van der Waals surface area contributed by atoms with E-state index in [0.29, 0.717) is 31.1 Å². The zero-order chi connectivity index (χ0) is 17.4. The average molecular weight is 344 g/mol. The number of aromatic nitrogens is 2. The fourth-order valence-corrected chi connectivity index (χ4v) is 3.40. The van der Waals surface area contributed by atoms with E-state index in [9.17, 15) is 14.3 Å². The van der Waals surface area contributed by atoms with E-state index in [-0.39, 0.29) is 17.7 Å². The number of aromatic amines is 1. The summed E-state index contributed by atoms with van der Waals surface area (Å²) in [4.78, 5) is 22.1. The number of hydrogen-bond donors (Lipinski definition) is 3. The summed E-state index contributed by atoms with van der Waals surface area (Å²) in [6.45, 7) is 1.01. The van der Waals surface area contributed by atoms with Gasteiger partial charge in [-0.25, -0.2) is 9.37 Å². The molecule has 7 heteroatoms. The van der Waals surface area contributed by atoms with Gasteiger partial charge in [-0.1, -0.05) is 0 Å². The van der Waals surface area contributed by atoms with Crippen LogP contribution in [-0.2, 0) is 11.2 Å². The number of halogens is 1. The Morgan fingerprint density at radius 1 is 1.44 bits per heavy atom. The highest BCUT2D eigenvalue weighted by Gasteiger charge is 2.35. The van der Waals surface area contributed by atoms with Gasteiger partial charge < -0.3 is 20.3 Å². The second-order valence-corrected chi connectivity index (χ2v) is 6.81. The minimum atomic E-state index is -0.425.